The minimum atomic E-state index is 0.579. The van der Waals surface area contributed by atoms with Crippen molar-refractivity contribution in [2.75, 3.05) is 13.6 Å². The van der Waals surface area contributed by atoms with Crippen molar-refractivity contribution in [1.29, 1.82) is 0 Å². The van der Waals surface area contributed by atoms with Crippen LogP contribution in [0.4, 0.5) is 0 Å². The molecule has 1 aliphatic rings. The van der Waals surface area contributed by atoms with Crippen molar-refractivity contribution in [3.05, 3.63) is 30.2 Å². The molecule has 1 saturated carbocycles. The van der Waals surface area contributed by atoms with Crippen LogP contribution < -0.4 is 10.6 Å². The predicted octanol–water partition coefficient (Wildman–Crippen LogP) is 0.845. The van der Waals surface area contributed by atoms with E-state index in [9.17, 15) is 0 Å². The van der Waals surface area contributed by atoms with Crippen LogP contribution in [0.15, 0.2) is 29.4 Å². The van der Waals surface area contributed by atoms with Gasteiger partial charge in [0, 0.05) is 32.3 Å². The minimum absolute atomic E-state index is 0.579. The van der Waals surface area contributed by atoms with Gasteiger partial charge >= 0.3 is 0 Å². The molecule has 2 N–H and O–H groups in total. The third kappa shape index (κ3) is 2.74. The van der Waals surface area contributed by atoms with E-state index in [0.29, 0.717) is 6.04 Å². The SMILES string of the molecule is CN=C(NCCc1nnc2ccccn12)NC1CC1C. The number of pyridine rings is 1. The maximum Gasteiger partial charge on any atom is 0.191 e. The van der Waals surface area contributed by atoms with E-state index in [0.717, 1.165) is 36.3 Å². The summed E-state index contributed by atoms with van der Waals surface area (Å²) in [5.41, 5.74) is 0.886. The van der Waals surface area contributed by atoms with E-state index < -0.39 is 0 Å². The molecule has 0 radical (unpaired) electrons. The summed E-state index contributed by atoms with van der Waals surface area (Å²) < 4.78 is 2.01. The highest BCUT2D eigenvalue weighted by Gasteiger charge is 2.33. The van der Waals surface area contributed by atoms with Crippen LogP contribution in [0.3, 0.4) is 0 Å². The molecule has 6 heteroatoms. The smallest absolute Gasteiger partial charge is 0.191 e. The van der Waals surface area contributed by atoms with E-state index >= 15 is 0 Å². The molecule has 2 heterocycles. The first-order valence-electron chi connectivity index (χ1n) is 7.04. The molecule has 0 bridgehead atoms. The highest BCUT2D eigenvalue weighted by molar-refractivity contribution is 5.80. The summed E-state index contributed by atoms with van der Waals surface area (Å²) in [6.07, 6.45) is 4.03. The van der Waals surface area contributed by atoms with Gasteiger partial charge < -0.3 is 10.6 Å². The minimum Gasteiger partial charge on any atom is -0.356 e. The molecular weight excluding hydrogens is 252 g/mol. The zero-order valence-electron chi connectivity index (χ0n) is 11.9. The summed E-state index contributed by atoms with van der Waals surface area (Å²) in [6, 6.07) is 6.49. The monoisotopic (exact) mass is 272 g/mol. The first-order chi connectivity index (χ1) is 9.78. The number of rotatable bonds is 4. The molecule has 0 amide bonds. The van der Waals surface area contributed by atoms with Gasteiger partial charge in [-0.1, -0.05) is 13.0 Å². The number of fused-ring (bicyclic) bond motifs is 1. The second-order valence-corrected chi connectivity index (χ2v) is 5.26. The Morgan fingerprint density at radius 3 is 3.05 bits per heavy atom. The Morgan fingerprint density at radius 2 is 2.30 bits per heavy atom. The second kappa shape index (κ2) is 5.48. The fourth-order valence-corrected chi connectivity index (χ4v) is 2.25. The van der Waals surface area contributed by atoms with Crippen LogP contribution in [0.5, 0.6) is 0 Å². The molecule has 0 aromatic carbocycles. The summed E-state index contributed by atoms with van der Waals surface area (Å²) in [6.45, 7) is 3.03. The summed E-state index contributed by atoms with van der Waals surface area (Å²) in [4.78, 5) is 4.24. The molecule has 1 aliphatic carbocycles. The summed E-state index contributed by atoms with van der Waals surface area (Å²) >= 11 is 0. The van der Waals surface area contributed by atoms with Crippen molar-refractivity contribution in [2.45, 2.75) is 25.8 Å². The van der Waals surface area contributed by atoms with Crippen LogP contribution in [0.1, 0.15) is 19.2 Å². The van der Waals surface area contributed by atoms with Gasteiger partial charge in [0.1, 0.15) is 5.82 Å². The van der Waals surface area contributed by atoms with Crippen LogP contribution in [0.2, 0.25) is 0 Å². The Morgan fingerprint density at radius 1 is 1.45 bits per heavy atom. The number of guanidine groups is 1. The van der Waals surface area contributed by atoms with Crippen molar-refractivity contribution in [3.8, 4) is 0 Å². The number of hydrogen-bond acceptors (Lipinski definition) is 3. The molecule has 0 aliphatic heterocycles. The largest absolute Gasteiger partial charge is 0.356 e. The Balaban J connectivity index is 1.54. The third-order valence-corrected chi connectivity index (χ3v) is 3.68. The van der Waals surface area contributed by atoms with Gasteiger partial charge in [-0.2, -0.15) is 0 Å². The lowest BCUT2D eigenvalue weighted by Gasteiger charge is -2.10. The number of aliphatic imine (C=N–C) groups is 1. The Hall–Kier alpha value is -2.11. The van der Waals surface area contributed by atoms with Gasteiger partial charge in [-0.15, -0.1) is 10.2 Å². The van der Waals surface area contributed by atoms with Crippen molar-refractivity contribution >= 4 is 11.6 Å². The predicted molar refractivity (Wildman–Crippen MR) is 78.8 cm³/mol. The van der Waals surface area contributed by atoms with Crippen LogP contribution in [-0.2, 0) is 6.42 Å². The van der Waals surface area contributed by atoms with Crippen LogP contribution >= 0.6 is 0 Å². The lowest BCUT2D eigenvalue weighted by atomic mass is 10.4. The van der Waals surface area contributed by atoms with Crippen molar-refractivity contribution < 1.29 is 0 Å². The molecule has 2 atom stereocenters. The van der Waals surface area contributed by atoms with Gasteiger partial charge in [0.25, 0.3) is 0 Å². The average molecular weight is 272 g/mol. The highest BCUT2D eigenvalue weighted by atomic mass is 15.2. The molecule has 1 fully saturated rings. The van der Waals surface area contributed by atoms with E-state index in [1.165, 1.54) is 6.42 Å². The highest BCUT2D eigenvalue weighted by Crippen LogP contribution is 2.28. The van der Waals surface area contributed by atoms with E-state index in [1.807, 2.05) is 28.8 Å². The summed E-state index contributed by atoms with van der Waals surface area (Å²) in [5.74, 6) is 2.59. The van der Waals surface area contributed by atoms with Crippen LogP contribution in [0, 0.1) is 5.92 Å². The molecule has 0 spiro atoms. The molecule has 2 unspecified atom stereocenters. The van der Waals surface area contributed by atoms with E-state index in [2.05, 4.69) is 32.7 Å². The maximum absolute atomic E-state index is 4.24. The third-order valence-electron chi connectivity index (χ3n) is 3.68. The Kier molecular flexibility index (Phi) is 3.54. The topological polar surface area (TPSA) is 66.6 Å². The van der Waals surface area contributed by atoms with Gasteiger partial charge in [-0.3, -0.25) is 9.39 Å². The Bertz CT molecular complexity index is 617. The lowest BCUT2D eigenvalue weighted by Crippen LogP contribution is -2.40. The van der Waals surface area contributed by atoms with Gasteiger partial charge in [0.05, 0.1) is 0 Å². The number of aromatic nitrogens is 3. The number of nitrogens with one attached hydrogen (secondary N) is 2. The molecule has 0 saturated heterocycles. The van der Waals surface area contributed by atoms with Gasteiger partial charge in [0.2, 0.25) is 0 Å². The number of nitrogens with zero attached hydrogens (tertiary/aromatic N) is 4. The fourth-order valence-electron chi connectivity index (χ4n) is 2.25. The molecule has 2 aromatic rings. The molecule has 6 nitrogen and oxygen atoms in total. The first-order valence-corrected chi connectivity index (χ1v) is 7.04. The molecule has 2 aromatic heterocycles. The fraction of sp³-hybridized carbons (Fsp3) is 0.500. The van der Waals surface area contributed by atoms with Gasteiger partial charge in [0.15, 0.2) is 11.6 Å². The van der Waals surface area contributed by atoms with Gasteiger partial charge in [-0.25, -0.2) is 0 Å². The molecule has 106 valence electrons. The van der Waals surface area contributed by atoms with Crippen LogP contribution in [0.25, 0.3) is 5.65 Å². The van der Waals surface area contributed by atoms with E-state index in [-0.39, 0.29) is 0 Å². The van der Waals surface area contributed by atoms with E-state index in [4.69, 9.17) is 0 Å². The Labute approximate surface area is 118 Å². The standard InChI is InChI=1S/C14H20N6/c1-10-9-11(10)17-14(15-2)16-7-6-13-19-18-12-5-3-4-8-20(12)13/h3-5,8,10-11H,6-7,9H2,1-2H3,(H2,15,16,17). The summed E-state index contributed by atoms with van der Waals surface area (Å²) in [5, 5.41) is 15.1. The maximum atomic E-state index is 4.24. The second-order valence-electron chi connectivity index (χ2n) is 5.26. The number of hydrogen-bond donors (Lipinski definition) is 2. The first kappa shape index (κ1) is 12.9. The van der Waals surface area contributed by atoms with Crippen molar-refractivity contribution in [3.63, 3.8) is 0 Å². The quantitative estimate of drug-likeness (QED) is 0.639. The zero-order valence-corrected chi connectivity index (χ0v) is 11.9. The molecular formula is C14H20N6. The van der Waals surface area contributed by atoms with Gasteiger partial charge in [-0.05, 0) is 24.5 Å². The zero-order chi connectivity index (χ0) is 13.9. The lowest BCUT2D eigenvalue weighted by molar-refractivity contribution is 0.740. The van der Waals surface area contributed by atoms with E-state index in [1.54, 1.807) is 7.05 Å². The molecule has 3 rings (SSSR count). The van der Waals surface area contributed by atoms with Crippen LogP contribution in [-0.4, -0.2) is 40.2 Å². The molecule has 20 heavy (non-hydrogen) atoms. The van der Waals surface area contributed by atoms with Crippen molar-refractivity contribution in [2.24, 2.45) is 10.9 Å². The van der Waals surface area contributed by atoms with Crippen molar-refractivity contribution in [1.82, 2.24) is 25.2 Å². The normalized spacial score (nSPS) is 22.0. The average Bonchev–Trinajstić information content (AvgIpc) is 3.00. The summed E-state index contributed by atoms with van der Waals surface area (Å²) in [7, 11) is 1.80.